The Kier molecular flexibility index (Phi) is 6.25. The maximum absolute atomic E-state index is 13.6. The number of carbonyl (C=O) groups excluding carboxylic acids is 2. The van der Waals surface area contributed by atoms with E-state index in [-0.39, 0.29) is 23.8 Å². The van der Waals surface area contributed by atoms with E-state index in [0.29, 0.717) is 5.69 Å². The zero-order valence-corrected chi connectivity index (χ0v) is 18.9. The van der Waals surface area contributed by atoms with Gasteiger partial charge in [-0.15, -0.1) is 0 Å². The minimum absolute atomic E-state index is 0.161. The van der Waals surface area contributed by atoms with Gasteiger partial charge in [0.2, 0.25) is 5.91 Å². The van der Waals surface area contributed by atoms with Crippen LogP contribution in [0.3, 0.4) is 0 Å². The Morgan fingerprint density at radius 2 is 1.67 bits per heavy atom. The van der Waals surface area contributed by atoms with Crippen molar-refractivity contribution >= 4 is 39.1 Å². The average Bonchev–Trinajstić information content (AvgIpc) is 3.27. The zero-order chi connectivity index (χ0) is 21.3. The van der Waals surface area contributed by atoms with Crippen LogP contribution in [0.4, 0.5) is 11.4 Å². The molecule has 0 bridgehead atoms. The lowest BCUT2D eigenvalue weighted by Crippen LogP contribution is -2.44. The molecule has 6 heteroatoms. The fourth-order valence-corrected chi connectivity index (χ4v) is 4.93. The summed E-state index contributed by atoms with van der Waals surface area (Å²) < 4.78 is 0.903. The Morgan fingerprint density at radius 1 is 0.967 bits per heavy atom. The van der Waals surface area contributed by atoms with Crippen LogP contribution in [0.5, 0.6) is 0 Å². The van der Waals surface area contributed by atoms with Crippen LogP contribution in [-0.2, 0) is 14.4 Å². The summed E-state index contributed by atoms with van der Waals surface area (Å²) in [5.74, 6) is -0.670. The predicted octanol–water partition coefficient (Wildman–Crippen LogP) is 5.34. The van der Waals surface area contributed by atoms with Gasteiger partial charge in [-0.05, 0) is 48.7 Å². The highest BCUT2D eigenvalue weighted by atomic mass is 79.9. The summed E-state index contributed by atoms with van der Waals surface area (Å²) in [6.07, 6.45) is 3.35. The Balaban J connectivity index is 1.71. The van der Waals surface area contributed by atoms with Crippen LogP contribution in [0.1, 0.15) is 39.5 Å². The van der Waals surface area contributed by atoms with E-state index in [9.17, 15) is 9.59 Å². The lowest BCUT2D eigenvalue weighted by molar-refractivity contribution is -0.126. The van der Waals surface area contributed by atoms with Crippen LogP contribution in [0, 0.1) is 11.8 Å². The average molecular weight is 471 g/mol. The zero-order valence-electron chi connectivity index (χ0n) is 17.3. The van der Waals surface area contributed by atoms with Gasteiger partial charge in [-0.1, -0.05) is 67.2 Å². The van der Waals surface area contributed by atoms with Crippen molar-refractivity contribution in [3.63, 3.8) is 0 Å². The molecular formula is C24H27BrN2O3. The quantitative estimate of drug-likeness (QED) is 0.512. The van der Waals surface area contributed by atoms with Gasteiger partial charge in [0.15, 0.2) is 6.10 Å². The molecule has 2 aliphatic heterocycles. The number of carbonyl (C=O) groups is 2. The first-order chi connectivity index (χ1) is 14.6. The molecule has 0 unspecified atom stereocenters. The molecule has 30 heavy (non-hydrogen) atoms. The van der Waals surface area contributed by atoms with Gasteiger partial charge < -0.3 is 0 Å². The molecule has 2 heterocycles. The number of unbranched alkanes of at least 4 members (excludes halogenated alkanes) is 1. The molecule has 0 aliphatic carbocycles. The molecule has 4 atom stereocenters. The molecule has 2 fully saturated rings. The molecule has 0 spiro atoms. The highest BCUT2D eigenvalue weighted by Gasteiger charge is 2.61. The van der Waals surface area contributed by atoms with Crippen molar-refractivity contribution in [1.29, 1.82) is 0 Å². The molecule has 0 N–H and O–H groups in total. The van der Waals surface area contributed by atoms with E-state index < -0.39 is 12.0 Å². The smallest absolute Gasteiger partial charge is 0.266 e. The Labute approximate surface area is 186 Å². The first kappa shape index (κ1) is 21.1. The maximum atomic E-state index is 13.6. The number of hydroxylamine groups is 1. The van der Waals surface area contributed by atoms with Crippen molar-refractivity contribution in [3.8, 4) is 0 Å². The number of amides is 2. The number of fused-ring (bicyclic) bond motifs is 1. The van der Waals surface area contributed by atoms with Gasteiger partial charge in [-0.3, -0.25) is 14.4 Å². The largest absolute Gasteiger partial charge is 0.273 e. The van der Waals surface area contributed by atoms with Crippen LogP contribution < -0.4 is 9.96 Å². The third-order valence-corrected chi connectivity index (χ3v) is 6.72. The Morgan fingerprint density at radius 3 is 2.30 bits per heavy atom. The minimum atomic E-state index is -0.776. The number of halogens is 1. The van der Waals surface area contributed by atoms with Gasteiger partial charge in [0, 0.05) is 4.47 Å². The van der Waals surface area contributed by atoms with E-state index >= 15 is 0 Å². The van der Waals surface area contributed by atoms with Crippen LogP contribution in [0.2, 0.25) is 0 Å². The third kappa shape index (κ3) is 3.67. The predicted molar refractivity (Wildman–Crippen MR) is 121 cm³/mol. The van der Waals surface area contributed by atoms with Crippen molar-refractivity contribution in [1.82, 2.24) is 0 Å². The molecule has 4 rings (SSSR count). The Hall–Kier alpha value is -2.18. The molecule has 2 aliphatic rings. The number of rotatable bonds is 7. The summed E-state index contributed by atoms with van der Waals surface area (Å²) in [4.78, 5) is 34.3. The second-order valence-corrected chi connectivity index (χ2v) is 8.92. The topological polar surface area (TPSA) is 49.9 Å². The fourth-order valence-electron chi connectivity index (χ4n) is 4.66. The van der Waals surface area contributed by atoms with Crippen molar-refractivity contribution in [2.24, 2.45) is 11.8 Å². The number of benzene rings is 2. The van der Waals surface area contributed by atoms with Crippen LogP contribution in [-0.4, -0.2) is 24.0 Å². The van der Waals surface area contributed by atoms with Gasteiger partial charge in [-0.2, -0.15) is 0 Å². The van der Waals surface area contributed by atoms with Gasteiger partial charge in [-0.25, -0.2) is 9.96 Å². The summed E-state index contributed by atoms with van der Waals surface area (Å²) in [6.45, 7) is 4.33. The van der Waals surface area contributed by atoms with Gasteiger partial charge in [0.05, 0.1) is 23.3 Å². The maximum Gasteiger partial charge on any atom is 0.266 e. The van der Waals surface area contributed by atoms with E-state index in [0.717, 1.165) is 35.8 Å². The van der Waals surface area contributed by atoms with Crippen molar-refractivity contribution in [2.45, 2.75) is 51.7 Å². The molecule has 2 aromatic carbocycles. The lowest BCUT2D eigenvalue weighted by Gasteiger charge is -2.33. The molecule has 2 amide bonds. The lowest BCUT2D eigenvalue weighted by atomic mass is 9.82. The summed E-state index contributed by atoms with van der Waals surface area (Å²) in [5, 5.41) is 1.84. The summed E-state index contributed by atoms with van der Waals surface area (Å²) >= 11 is 3.41. The molecule has 158 valence electrons. The highest BCUT2D eigenvalue weighted by molar-refractivity contribution is 9.10. The van der Waals surface area contributed by atoms with E-state index in [1.165, 1.54) is 4.90 Å². The number of para-hydroxylation sites is 1. The Bertz CT molecular complexity index is 902. The monoisotopic (exact) mass is 470 g/mol. The van der Waals surface area contributed by atoms with E-state index in [2.05, 4.69) is 29.8 Å². The van der Waals surface area contributed by atoms with E-state index in [1.807, 2.05) is 47.5 Å². The van der Waals surface area contributed by atoms with Crippen LogP contribution in [0.25, 0.3) is 0 Å². The van der Waals surface area contributed by atoms with Crippen molar-refractivity contribution < 1.29 is 14.4 Å². The van der Waals surface area contributed by atoms with E-state index in [1.54, 1.807) is 12.1 Å². The standard InChI is InChI=1S/C24H27BrN2O3/c1-3-5-9-16(4-2)21-20-22(30-27(21)19-10-7-6-8-11-19)24(29)26(23(20)28)18-14-12-17(25)13-15-18/h6-8,10-16,20-22H,3-5,9H2,1-2H3/t16-,20-,21+,22-/m1/s1. The SMILES string of the molecule is CCCC[C@@H](CC)[C@H]1[C@H]2C(=O)N(c3ccc(Br)cc3)C(=O)[C@@H]2ON1c1ccccc1. The van der Waals surface area contributed by atoms with Gasteiger partial charge >= 0.3 is 0 Å². The third-order valence-electron chi connectivity index (χ3n) is 6.19. The summed E-state index contributed by atoms with van der Waals surface area (Å²) in [7, 11) is 0. The van der Waals surface area contributed by atoms with E-state index in [4.69, 9.17) is 4.84 Å². The first-order valence-electron chi connectivity index (χ1n) is 10.7. The number of hydrogen-bond donors (Lipinski definition) is 0. The van der Waals surface area contributed by atoms with Gasteiger partial charge in [0.25, 0.3) is 5.91 Å². The molecule has 0 radical (unpaired) electrons. The van der Waals surface area contributed by atoms with Crippen molar-refractivity contribution in [3.05, 3.63) is 59.1 Å². The normalized spacial score (nSPS) is 24.4. The molecule has 2 aromatic rings. The van der Waals surface area contributed by atoms with Crippen molar-refractivity contribution in [2.75, 3.05) is 9.96 Å². The van der Waals surface area contributed by atoms with Crippen LogP contribution in [0.15, 0.2) is 59.1 Å². The second-order valence-electron chi connectivity index (χ2n) is 8.00. The molecule has 2 saturated heterocycles. The minimum Gasteiger partial charge on any atom is -0.273 e. The fraction of sp³-hybridized carbons (Fsp3) is 0.417. The number of nitrogens with zero attached hydrogens (tertiary/aromatic N) is 2. The second kappa shape index (κ2) is 8.90. The molecule has 5 nitrogen and oxygen atoms in total. The molecular weight excluding hydrogens is 444 g/mol. The number of imide groups is 1. The number of anilines is 2. The summed E-state index contributed by atoms with van der Waals surface area (Å²) in [6, 6.07) is 16.9. The molecule has 0 aromatic heterocycles. The summed E-state index contributed by atoms with van der Waals surface area (Å²) in [5.41, 5.74) is 1.49. The van der Waals surface area contributed by atoms with Crippen LogP contribution >= 0.6 is 15.9 Å². The molecule has 0 saturated carbocycles. The van der Waals surface area contributed by atoms with Gasteiger partial charge in [0.1, 0.15) is 0 Å². The highest BCUT2D eigenvalue weighted by Crippen LogP contribution is 2.44. The first-order valence-corrected chi connectivity index (χ1v) is 11.5. The number of hydrogen-bond acceptors (Lipinski definition) is 4.